The SMILES string of the molecule is C.COCCCOc1cc(C(=O)Cl)ccc1OCc1ccccc1.COCCCOc1cc(C(=O)O)ccc1OCc1ccccc1. The lowest BCUT2D eigenvalue weighted by Gasteiger charge is -2.13. The first-order chi connectivity index (χ1) is 22.4. The van der Waals surface area contributed by atoms with Crippen LogP contribution < -0.4 is 18.9 Å². The van der Waals surface area contributed by atoms with E-state index in [1.807, 2.05) is 60.7 Å². The van der Waals surface area contributed by atoms with Crippen molar-refractivity contribution in [3.05, 3.63) is 119 Å². The smallest absolute Gasteiger partial charge is 0.335 e. The third-order valence-electron chi connectivity index (χ3n) is 6.34. The van der Waals surface area contributed by atoms with Crippen molar-refractivity contribution in [1.82, 2.24) is 0 Å². The van der Waals surface area contributed by atoms with Gasteiger partial charge in [-0.25, -0.2) is 4.79 Å². The second kappa shape index (κ2) is 22.0. The molecule has 0 aliphatic rings. The molecule has 4 aromatic rings. The molecule has 0 fully saturated rings. The highest BCUT2D eigenvalue weighted by atomic mass is 35.5. The first kappa shape index (κ1) is 38.6. The molecular formula is C37H43ClO9. The quantitative estimate of drug-likeness (QED) is 0.0832. The van der Waals surface area contributed by atoms with E-state index in [9.17, 15) is 9.59 Å². The fourth-order valence-electron chi connectivity index (χ4n) is 3.98. The van der Waals surface area contributed by atoms with Gasteiger partial charge in [-0.1, -0.05) is 68.1 Å². The number of carbonyl (C=O) groups is 2. The number of hydrogen-bond acceptors (Lipinski definition) is 8. The number of carbonyl (C=O) groups excluding carboxylic acids is 1. The Bertz CT molecular complexity index is 1370. The summed E-state index contributed by atoms with van der Waals surface area (Å²) in [6.07, 6.45) is 1.46. The number of hydrogen-bond donors (Lipinski definition) is 1. The Labute approximate surface area is 281 Å². The van der Waals surface area contributed by atoms with Crippen molar-refractivity contribution < 1.29 is 43.1 Å². The van der Waals surface area contributed by atoms with Crippen molar-refractivity contribution >= 4 is 22.8 Å². The molecule has 0 radical (unpaired) electrons. The maximum atomic E-state index is 11.3. The second-order valence-electron chi connectivity index (χ2n) is 9.84. The summed E-state index contributed by atoms with van der Waals surface area (Å²) in [4.78, 5) is 22.4. The van der Waals surface area contributed by atoms with Gasteiger partial charge in [0.2, 0.25) is 0 Å². The van der Waals surface area contributed by atoms with E-state index in [2.05, 4.69) is 0 Å². The van der Waals surface area contributed by atoms with Crippen molar-refractivity contribution in [3.8, 4) is 23.0 Å². The fourth-order valence-corrected chi connectivity index (χ4v) is 4.09. The molecule has 4 aromatic carbocycles. The highest BCUT2D eigenvalue weighted by molar-refractivity contribution is 6.67. The number of benzene rings is 4. The lowest BCUT2D eigenvalue weighted by atomic mass is 10.2. The van der Waals surface area contributed by atoms with Crippen LogP contribution in [0.2, 0.25) is 0 Å². The third kappa shape index (κ3) is 14.2. The zero-order valence-electron chi connectivity index (χ0n) is 26.0. The highest BCUT2D eigenvalue weighted by Gasteiger charge is 2.12. The molecule has 1 N–H and O–H groups in total. The van der Waals surface area contributed by atoms with Crippen LogP contribution in [-0.2, 0) is 22.7 Å². The van der Waals surface area contributed by atoms with E-state index in [1.54, 1.807) is 38.5 Å². The van der Waals surface area contributed by atoms with Crippen molar-refractivity contribution in [1.29, 1.82) is 0 Å². The molecule has 0 saturated heterocycles. The van der Waals surface area contributed by atoms with Crippen LogP contribution in [0, 0.1) is 0 Å². The monoisotopic (exact) mass is 666 g/mol. The van der Waals surface area contributed by atoms with Crippen molar-refractivity contribution in [2.24, 2.45) is 0 Å². The molecule has 0 aromatic heterocycles. The van der Waals surface area contributed by atoms with Gasteiger partial charge in [-0.3, -0.25) is 4.79 Å². The van der Waals surface area contributed by atoms with Gasteiger partial charge >= 0.3 is 5.97 Å². The van der Waals surface area contributed by atoms with E-state index in [-0.39, 0.29) is 13.0 Å². The van der Waals surface area contributed by atoms with E-state index < -0.39 is 11.2 Å². The van der Waals surface area contributed by atoms with Gasteiger partial charge in [0.25, 0.3) is 5.24 Å². The van der Waals surface area contributed by atoms with Crippen molar-refractivity contribution in [2.45, 2.75) is 33.5 Å². The highest BCUT2D eigenvalue weighted by Crippen LogP contribution is 2.31. The van der Waals surface area contributed by atoms with Gasteiger partial charge in [0.15, 0.2) is 23.0 Å². The molecule has 0 amide bonds. The predicted molar refractivity (Wildman–Crippen MR) is 182 cm³/mol. The van der Waals surface area contributed by atoms with Gasteiger partial charge in [0.05, 0.1) is 18.8 Å². The summed E-state index contributed by atoms with van der Waals surface area (Å²) in [5.41, 5.74) is 2.62. The molecular weight excluding hydrogens is 624 g/mol. The van der Waals surface area contributed by atoms with Crippen LogP contribution >= 0.6 is 11.6 Å². The third-order valence-corrected chi connectivity index (χ3v) is 6.55. The molecule has 0 unspecified atom stereocenters. The lowest BCUT2D eigenvalue weighted by molar-refractivity contribution is 0.0696. The topological polar surface area (TPSA) is 110 Å². The predicted octanol–water partition coefficient (Wildman–Crippen LogP) is 8.08. The van der Waals surface area contributed by atoms with E-state index in [1.165, 1.54) is 12.1 Å². The Morgan fingerprint density at radius 3 is 1.40 bits per heavy atom. The Hall–Kier alpha value is -4.57. The molecule has 0 saturated carbocycles. The number of halogens is 1. The minimum atomic E-state index is -0.999. The molecule has 0 atom stereocenters. The van der Waals surface area contributed by atoms with Crippen LogP contribution in [0.25, 0.3) is 0 Å². The normalized spacial score (nSPS) is 10.1. The largest absolute Gasteiger partial charge is 0.490 e. The molecule has 0 bridgehead atoms. The first-order valence-corrected chi connectivity index (χ1v) is 15.1. The summed E-state index contributed by atoms with van der Waals surface area (Å²) in [6.45, 7) is 2.90. The van der Waals surface area contributed by atoms with Gasteiger partial charge < -0.3 is 33.5 Å². The van der Waals surface area contributed by atoms with Crippen LogP contribution in [0.3, 0.4) is 0 Å². The Balaban J connectivity index is 0.000000320. The van der Waals surface area contributed by atoms with Crippen LogP contribution in [0.15, 0.2) is 97.1 Å². The molecule has 47 heavy (non-hydrogen) atoms. The average molecular weight is 667 g/mol. The number of methoxy groups -OCH3 is 2. The van der Waals surface area contributed by atoms with E-state index in [4.69, 9.17) is 45.1 Å². The lowest BCUT2D eigenvalue weighted by Crippen LogP contribution is -2.05. The molecule has 0 heterocycles. The van der Waals surface area contributed by atoms with Gasteiger partial charge in [0, 0.05) is 45.8 Å². The fraction of sp³-hybridized carbons (Fsp3) is 0.297. The summed E-state index contributed by atoms with van der Waals surface area (Å²) in [5.74, 6) is 1.03. The van der Waals surface area contributed by atoms with Crippen LogP contribution in [0.1, 0.15) is 52.1 Å². The standard InChI is InChI=1S/C18H19ClO4.C18H20O5.CH4/c2*1-21-10-5-11-22-17-12-15(18(19)20)8-9-16(17)23-13-14-6-3-2-4-7-14;/h2-4,6-9,12H,5,10-11,13H2,1H3;2-4,6-9,12H,5,10-11,13H2,1H3,(H,19,20);1H4. The minimum Gasteiger partial charge on any atom is -0.490 e. The van der Waals surface area contributed by atoms with Crippen LogP contribution in [0.5, 0.6) is 23.0 Å². The molecule has 10 heteroatoms. The second-order valence-corrected chi connectivity index (χ2v) is 10.2. The Morgan fingerprint density at radius 1 is 0.574 bits per heavy atom. The molecule has 0 aliphatic carbocycles. The number of aromatic carboxylic acids is 1. The maximum Gasteiger partial charge on any atom is 0.335 e. The summed E-state index contributed by atoms with van der Waals surface area (Å²) in [7, 11) is 3.26. The average Bonchev–Trinajstić information content (AvgIpc) is 3.08. The number of ether oxygens (including phenoxy) is 6. The Kier molecular flexibility index (Phi) is 18.1. The number of carboxylic acid groups (broad SMARTS) is 1. The summed E-state index contributed by atoms with van der Waals surface area (Å²) < 4.78 is 32.9. The zero-order valence-corrected chi connectivity index (χ0v) is 26.7. The van der Waals surface area contributed by atoms with Crippen LogP contribution in [0.4, 0.5) is 0 Å². The van der Waals surface area contributed by atoms with Gasteiger partial charge in [-0.2, -0.15) is 0 Å². The molecule has 252 valence electrons. The summed E-state index contributed by atoms with van der Waals surface area (Å²) in [5, 5.41) is 8.57. The van der Waals surface area contributed by atoms with Gasteiger partial charge in [-0.15, -0.1) is 0 Å². The van der Waals surface area contributed by atoms with E-state index in [0.717, 1.165) is 17.5 Å². The first-order valence-electron chi connectivity index (χ1n) is 14.7. The molecule has 9 nitrogen and oxygen atoms in total. The summed E-state index contributed by atoms with van der Waals surface area (Å²) in [6, 6.07) is 29.1. The maximum absolute atomic E-state index is 11.3. The minimum absolute atomic E-state index is 0. The zero-order chi connectivity index (χ0) is 33.0. The van der Waals surface area contributed by atoms with E-state index >= 15 is 0 Å². The van der Waals surface area contributed by atoms with Crippen LogP contribution in [-0.4, -0.2) is 57.0 Å². The number of carboxylic acids is 1. The molecule has 0 spiro atoms. The van der Waals surface area contributed by atoms with Gasteiger partial charge in [0.1, 0.15) is 13.2 Å². The van der Waals surface area contributed by atoms with Crippen molar-refractivity contribution in [2.75, 3.05) is 40.6 Å². The molecule has 4 rings (SSSR count). The summed E-state index contributed by atoms with van der Waals surface area (Å²) >= 11 is 5.53. The van der Waals surface area contributed by atoms with Gasteiger partial charge in [-0.05, 0) is 59.1 Å². The van der Waals surface area contributed by atoms with E-state index in [0.29, 0.717) is 74.6 Å². The Morgan fingerprint density at radius 2 is 1.00 bits per heavy atom. The number of rotatable bonds is 18. The molecule has 0 aliphatic heterocycles. The van der Waals surface area contributed by atoms with Crippen molar-refractivity contribution in [3.63, 3.8) is 0 Å².